The van der Waals surface area contributed by atoms with Crippen molar-refractivity contribution in [2.75, 3.05) is 0 Å². The molecule has 0 saturated carbocycles. The summed E-state index contributed by atoms with van der Waals surface area (Å²) in [6.45, 7) is 0. The van der Waals surface area contributed by atoms with E-state index in [4.69, 9.17) is 9.05 Å². The summed E-state index contributed by atoms with van der Waals surface area (Å²) < 4.78 is 12.0. The fourth-order valence-corrected chi connectivity index (χ4v) is 3.05. The summed E-state index contributed by atoms with van der Waals surface area (Å²) in [5, 5.41) is 1.06. The molecule has 0 aliphatic heterocycles. The molecule has 0 N–H and O–H groups in total. The molecule has 0 bridgehead atoms. The van der Waals surface area contributed by atoms with Crippen molar-refractivity contribution >= 4 is 13.7 Å². The topological polar surface area (TPSA) is 18.5 Å². The lowest BCUT2D eigenvalue weighted by Crippen LogP contribution is -2.07. The molecule has 0 aromatic heterocycles. The van der Waals surface area contributed by atoms with Gasteiger partial charge in [0.05, 0.1) is 0 Å². The van der Waals surface area contributed by atoms with Crippen LogP contribution in [0.15, 0.2) is 84.9 Å². The van der Waals surface area contributed by atoms with Gasteiger partial charge in [0.2, 0.25) is 8.38 Å². The molecule has 0 atom stereocenters. The second-order valence-electron chi connectivity index (χ2n) is 4.21. The summed E-state index contributed by atoms with van der Waals surface area (Å²) in [5.41, 5.74) is 0. The van der Waals surface area contributed by atoms with E-state index in [0.29, 0.717) is 0 Å². The van der Waals surface area contributed by atoms with Crippen LogP contribution in [0, 0.1) is 0 Å². The summed E-state index contributed by atoms with van der Waals surface area (Å²) in [4.78, 5) is 0. The van der Waals surface area contributed by atoms with Crippen molar-refractivity contribution in [2.24, 2.45) is 0 Å². The minimum Gasteiger partial charge on any atom is -0.444 e. The second kappa shape index (κ2) is 6.31. The van der Waals surface area contributed by atoms with E-state index in [9.17, 15) is 0 Å². The summed E-state index contributed by atoms with van der Waals surface area (Å²) in [7, 11) is -1.17. The van der Waals surface area contributed by atoms with Crippen LogP contribution in [-0.2, 0) is 0 Å². The summed E-state index contributed by atoms with van der Waals surface area (Å²) in [6, 6.07) is 27.5. The lowest BCUT2D eigenvalue weighted by atomic mass is 10.3. The Labute approximate surface area is 119 Å². The molecule has 3 rings (SSSR count). The van der Waals surface area contributed by atoms with Gasteiger partial charge in [-0.15, -0.1) is 0 Å². The smallest absolute Gasteiger partial charge is 0.248 e. The van der Waals surface area contributed by atoms with Crippen LogP contribution in [0.4, 0.5) is 0 Å². The van der Waals surface area contributed by atoms with E-state index in [0.717, 1.165) is 16.8 Å². The summed E-state index contributed by atoms with van der Waals surface area (Å²) in [6.07, 6.45) is 0. The van der Waals surface area contributed by atoms with Crippen LogP contribution in [0.3, 0.4) is 0 Å². The highest BCUT2D eigenvalue weighted by Crippen LogP contribution is 2.39. The highest BCUT2D eigenvalue weighted by atomic mass is 31.2. The zero-order valence-corrected chi connectivity index (χ0v) is 11.7. The van der Waals surface area contributed by atoms with Crippen LogP contribution < -0.4 is 14.4 Å². The molecule has 0 heterocycles. The Bertz CT molecular complexity index is 579. The van der Waals surface area contributed by atoms with Crippen LogP contribution in [0.25, 0.3) is 0 Å². The van der Waals surface area contributed by atoms with Gasteiger partial charge < -0.3 is 9.05 Å². The van der Waals surface area contributed by atoms with E-state index in [1.807, 2.05) is 84.9 Å². The normalized spacial score (nSPS) is 10.4. The van der Waals surface area contributed by atoms with Gasteiger partial charge in [-0.25, -0.2) is 0 Å². The van der Waals surface area contributed by atoms with Crippen LogP contribution in [0.1, 0.15) is 0 Å². The molecule has 0 fully saturated rings. The Morgan fingerprint density at radius 1 is 0.700 bits per heavy atom. The van der Waals surface area contributed by atoms with Crippen molar-refractivity contribution in [1.82, 2.24) is 0 Å². The molecule has 3 aromatic carbocycles. The zero-order chi connectivity index (χ0) is 13.6. The summed E-state index contributed by atoms with van der Waals surface area (Å²) >= 11 is 0. The van der Waals surface area contributed by atoms with Gasteiger partial charge in [0, 0.05) is 0 Å². The maximum Gasteiger partial charge on any atom is 0.248 e. The molecule has 0 aliphatic carbocycles. The minimum atomic E-state index is -1.17. The maximum absolute atomic E-state index is 6.01. The third-order valence-electron chi connectivity index (χ3n) is 2.72. The average molecular weight is 281 g/mol. The van der Waals surface area contributed by atoms with Gasteiger partial charge >= 0.3 is 0 Å². The monoisotopic (exact) mass is 281 g/mol. The standard InChI is InChI=1S/C17H14O2P/c1-3-9-15(10-4-1)18-20(17-13-7-8-14-17)19-16-11-5-2-6-12-16/h1-14H/q-1. The maximum atomic E-state index is 6.01. The number of para-hydroxylation sites is 2. The second-order valence-corrected chi connectivity index (χ2v) is 5.60. The van der Waals surface area contributed by atoms with Crippen molar-refractivity contribution in [3.63, 3.8) is 0 Å². The molecule has 0 aliphatic rings. The molecular weight excluding hydrogens is 267 g/mol. The predicted molar refractivity (Wildman–Crippen MR) is 82.7 cm³/mol. The van der Waals surface area contributed by atoms with E-state index in [1.54, 1.807) is 0 Å². The Balaban J connectivity index is 1.81. The summed E-state index contributed by atoms with van der Waals surface area (Å²) in [5.74, 6) is 1.63. The molecule has 3 aromatic rings. The van der Waals surface area contributed by atoms with Gasteiger partial charge in [0.25, 0.3) is 0 Å². The Kier molecular flexibility index (Phi) is 4.05. The Hall–Kier alpha value is -2.18. The number of benzene rings is 2. The molecule has 0 spiro atoms. The first-order valence-electron chi connectivity index (χ1n) is 6.40. The highest BCUT2D eigenvalue weighted by molar-refractivity contribution is 7.56. The minimum absolute atomic E-state index is 0.816. The van der Waals surface area contributed by atoms with Crippen molar-refractivity contribution in [1.29, 1.82) is 0 Å². The fraction of sp³-hybridized carbons (Fsp3) is 0. The quantitative estimate of drug-likeness (QED) is 0.506. The first kappa shape index (κ1) is 12.8. The average Bonchev–Trinajstić information content (AvgIpc) is 3.03. The van der Waals surface area contributed by atoms with E-state index in [1.165, 1.54) is 0 Å². The number of rotatable bonds is 5. The predicted octanol–water partition coefficient (Wildman–Crippen LogP) is 4.50. The fourth-order valence-electron chi connectivity index (χ4n) is 1.76. The SMILES string of the molecule is c1ccc(OP(Oc2ccccc2)c2cc[cH-]c2)cc1. The van der Waals surface area contributed by atoms with Gasteiger partial charge in [-0.1, -0.05) is 41.7 Å². The molecule has 2 nitrogen and oxygen atoms in total. The number of hydrogen-bond donors (Lipinski definition) is 0. The molecule has 100 valence electrons. The lowest BCUT2D eigenvalue weighted by molar-refractivity contribution is 0.502. The Morgan fingerprint density at radius 2 is 1.25 bits per heavy atom. The van der Waals surface area contributed by atoms with Gasteiger partial charge in [-0.05, 0) is 24.3 Å². The molecule has 3 heteroatoms. The largest absolute Gasteiger partial charge is 0.444 e. The molecule has 0 saturated heterocycles. The van der Waals surface area contributed by atoms with Crippen molar-refractivity contribution in [3.8, 4) is 11.5 Å². The first-order valence-corrected chi connectivity index (χ1v) is 7.57. The highest BCUT2D eigenvalue weighted by Gasteiger charge is 2.11. The third kappa shape index (κ3) is 3.23. The van der Waals surface area contributed by atoms with Crippen molar-refractivity contribution in [2.45, 2.75) is 0 Å². The number of hydrogen-bond acceptors (Lipinski definition) is 2. The molecule has 0 amide bonds. The lowest BCUT2D eigenvalue weighted by Gasteiger charge is -2.22. The molecule has 20 heavy (non-hydrogen) atoms. The van der Waals surface area contributed by atoms with Crippen LogP contribution in [0.5, 0.6) is 11.5 Å². The van der Waals surface area contributed by atoms with Gasteiger partial charge in [-0.2, -0.15) is 24.3 Å². The van der Waals surface area contributed by atoms with Gasteiger partial charge in [-0.3, -0.25) is 0 Å². The zero-order valence-electron chi connectivity index (χ0n) is 10.8. The molecule has 0 radical (unpaired) electrons. The molecule has 0 unspecified atom stereocenters. The van der Waals surface area contributed by atoms with Crippen molar-refractivity contribution in [3.05, 3.63) is 84.9 Å². The third-order valence-corrected chi connectivity index (χ3v) is 4.19. The molecular formula is C17H14O2P-. The first-order chi connectivity index (χ1) is 9.92. The van der Waals surface area contributed by atoms with Gasteiger partial charge in [0.15, 0.2) is 0 Å². The van der Waals surface area contributed by atoms with E-state index in [2.05, 4.69) is 0 Å². The Morgan fingerprint density at radius 3 is 1.70 bits per heavy atom. The van der Waals surface area contributed by atoms with Crippen LogP contribution in [-0.4, -0.2) is 0 Å². The van der Waals surface area contributed by atoms with Crippen LogP contribution >= 0.6 is 8.38 Å². The van der Waals surface area contributed by atoms with Crippen LogP contribution in [0.2, 0.25) is 0 Å². The van der Waals surface area contributed by atoms with Gasteiger partial charge in [0.1, 0.15) is 11.5 Å². The van der Waals surface area contributed by atoms with E-state index in [-0.39, 0.29) is 0 Å². The van der Waals surface area contributed by atoms with E-state index < -0.39 is 8.38 Å². The van der Waals surface area contributed by atoms with Crippen molar-refractivity contribution < 1.29 is 9.05 Å². The van der Waals surface area contributed by atoms with E-state index >= 15 is 0 Å².